The van der Waals surface area contributed by atoms with Crippen molar-refractivity contribution < 1.29 is 0 Å². The third-order valence-electron chi connectivity index (χ3n) is 18.2. The Labute approximate surface area is 386 Å². The van der Waals surface area contributed by atoms with E-state index in [1.54, 1.807) is 11.1 Å². The Hall–Kier alpha value is -4.93. The Bertz CT molecular complexity index is 2970. The van der Waals surface area contributed by atoms with Gasteiger partial charge in [0.25, 0.3) is 0 Å². The van der Waals surface area contributed by atoms with E-state index in [4.69, 9.17) is 0 Å². The molecule has 320 valence electrons. The first-order valence-corrected chi connectivity index (χ1v) is 25.5. The van der Waals surface area contributed by atoms with Crippen molar-refractivity contribution in [2.45, 2.75) is 138 Å². The molecule has 0 N–H and O–H groups in total. The van der Waals surface area contributed by atoms with Gasteiger partial charge in [0.2, 0.25) is 6.71 Å². The lowest BCUT2D eigenvalue weighted by molar-refractivity contribution is 0.195. The summed E-state index contributed by atoms with van der Waals surface area (Å²) >= 11 is 2.11. The molecule has 2 unspecified atom stereocenters. The van der Waals surface area contributed by atoms with Gasteiger partial charge in [0.1, 0.15) is 0 Å². The van der Waals surface area contributed by atoms with E-state index >= 15 is 0 Å². The number of anilines is 4. The predicted molar refractivity (Wildman–Crippen MR) is 274 cm³/mol. The Morgan fingerprint density at radius 3 is 1.95 bits per heavy atom. The van der Waals surface area contributed by atoms with Crippen LogP contribution in [0.3, 0.4) is 0 Å². The Kier molecular flexibility index (Phi) is 8.22. The number of hydrogen-bond acceptors (Lipinski definition) is 3. The summed E-state index contributed by atoms with van der Waals surface area (Å²) in [7, 11) is 0. The van der Waals surface area contributed by atoms with Gasteiger partial charge in [-0.15, -0.1) is 0 Å². The molecule has 13 rings (SSSR count). The van der Waals surface area contributed by atoms with E-state index in [-0.39, 0.29) is 33.9 Å². The largest absolute Gasteiger partial charge is 0.341 e. The minimum Gasteiger partial charge on any atom is -0.341 e. The Balaban J connectivity index is 1.11. The molecule has 3 heterocycles. The summed E-state index contributed by atoms with van der Waals surface area (Å²) in [6.07, 6.45) is 11.5. The molecule has 0 aromatic heterocycles. The Morgan fingerprint density at radius 2 is 1.27 bits per heavy atom. The van der Waals surface area contributed by atoms with E-state index < -0.39 is 0 Å². The summed E-state index contributed by atoms with van der Waals surface area (Å²) in [5.41, 5.74) is 23.2. The van der Waals surface area contributed by atoms with Crippen LogP contribution in [0.1, 0.15) is 145 Å². The molecule has 0 amide bonds. The van der Waals surface area contributed by atoms with E-state index in [0.29, 0.717) is 0 Å². The maximum Gasteiger partial charge on any atom is 0.250 e. The van der Waals surface area contributed by atoms with Crippen LogP contribution in [0.4, 0.5) is 22.7 Å². The van der Waals surface area contributed by atoms with Crippen LogP contribution in [0.5, 0.6) is 0 Å². The molecule has 2 atom stereocenters. The van der Waals surface area contributed by atoms with Crippen molar-refractivity contribution in [1.82, 2.24) is 0 Å². The molecule has 2 saturated carbocycles. The summed E-state index contributed by atoms with van der Waals surface area (Å²) in [5.74, 6) is 0. The van der Waals surface area contributed by atoms with Crippen LogP contribution >= 0.6 is 11.8 Å². The molecule has 0 saturated heterocycles. The zero-order valence-corrected chi connectivity index (χ0v) is 39.8. The van der Waals surface area contributed by atoms with E-state index in [1.165, 1.54) is 146 Å². The van der Waals surface area contributed by atoms with Gasteiger partial charge in [0.05, 0.1) is 11.0 Å². The summed E-state index contributed by atoms with van der Waals surface area (Å²) in [6.45, 7) is 18.4. The van der Waals surface area contributed by atoms with Crippen LogP contribution in [0, 0.1) is 0 Å². The topological polar surface area (TPSA) is 6.48 Å². The normalized spacial score (nSPS) is 23.5. The highest BCUT2D eigenvalue weighted by Crippen LogP contribution is 2.69. The summed E-state index contributed by atoms with van der Waals surface area (Å²) in [5, 5.41) is 0. The van der Waals surface area contributed by atoms with E-state index in [1.807, 2.05) is 0 Å². The first kappa shape index (κ1) is 39.4. The zero-order valence-electron chi connectivity index (χ0n) is 39.0. The fourth-order valence-electron chi connectivity index (χ4n) is 14.8. The molecule has 3 aliphatic heterocycles. The summed E-state index contributed by atoms with van der Waals surface area (Å²) < 4.78 is 0. The lowest BCUT2D eigenvalue weighted by Gasteiger charge is -2.52. The van der Waals surface area contributed by atoms with Crippen molar-refractivity contribution in [2.75, 3.05) is 16.3 Å². The minimum absolute atomic E-state index is 0.0232. The van der Waals surface area contributed by atoms with Gasteiger partial charge >= 0.3 is 0 Å². The second kappa shape index (κ2) is 13.3. The second-order valence-corrected chi connectivity index (χ2v) is 23.3. The monoisotopic (exact) mass is 852 g/mol. The molecule has 6 aromatic rings. The molecule has 0 radical (unpaired) electrons. The molecule has 7 aliphatic rings. The lowest BCUT2D eigenvalue weighted by atomic mass is 9.33. The van der Waals surface area contributed by atoms with Crippen LogP contribution in [0.25, 0.3) is 16.6 Å². The molecule has 4 heteroatoms. The van der Waals surface area contributed by atoms with Gasteiger partial charge in [0, 0.05) is 44.5 Å². The highest BCUT2D eigenvalue weighted by Gasteiger charge is 2.63. The molecule has 2 nitrogen and oxygen atoms in total. The number of para-hydroxylation sites is 1. The first-order chi connectivity index (χ1) is 30.9. The molecule has 4 aliphatic carbocycles. The Morgan fingerprint density at radius 1 is 0.641 bits per heavy atom. The number of allylic oxidation sites excluding steroid dienone is 1. The number of nitrogens with zero attached hydrogens (tertiary/aromatic N) is 2. The average molecular weight is 853 g/mol. The molecule has 2 fully saturated rings. The summed E-state index contributed by atoms with van der Waals surface area (Å²) in [6, 6.07) is 48.6. The van der Waals surface area contributed by atoms with Crippen molar-refractivity contribution in [1.29, 1.82) is 0 Å². The van der Waals surface area contributed by atoms with Gasteiger partial charge in [-0.1, -0.05) is 182 Å². The SMILES string of the molecule is CCN(c1cc2c3c(c1)N1c4c(cccc4C4(C)CCCCC14C)B3C1=C(S2)C2(c3ccccc31)c1ccccc1-c1ccccc12)c1ccc(C(C)(C)C)cc1C1(C)CCCCC1. The van der Waals surface area contributed by atoms with E-state index in [9.17, 15) is 0 Å². The van der Waals surface area contributed by atoms with Crippen LogP contribution in [-0.4, -0.2) is 18.8 Å². The fraction of sp³-hybridized carbons (Fsp3) is 0.367. The van der Waals surface area contributed by atoms with Gasteiger partial charge in [-0.2, -0.15) is 0 Å². The first-order valence-electron chi connectivity index (χ1n) is 24.7. The maximum atomic E-state index is 2.93. The molecular weight excluding hydrogens is 792 g/mol. The lowest BCUT2D eigenvalue weighted by Crippen LogP contribution is -2.60. The van der Waals surface area contributed by atoms with Crippen LogP contribution in [0.15, 0.2) is 131 Å². The number of thioether (sulfide) groups is 1. The van der Waals surface area contributed by atoms with Gasteiger partial charge in [-0.3, -0.25) is 0 Å². The van der Waals surface area contributed by atoms with Crippen molar-refractivity contribution in [3.8, 4) is 11.1 Å². The molecule has 64 heavy (non-hydrogen) atoms. The van der Waals surface area contributed by atoms with Crippen LogP contribution in [-0.2, 0) is 21.7 Å². The standard InChI is InChI=1S/C60H61BN2S/c1-8-62(49-30-29-38(56(2,3)4)35-47(49)57(5)31-16-9-17-32-57)39-36-50-53-51(37-39)64-55-52(61(53)48-28-20-27-46-54(48)63(50)59(7)34-19-18-33-58(46,59)6)42-23-12-15-26-45(42)60(55)43-24-13-10-21-40(43)41-22-11-14-25-44(41)60/h10-15,20-30,35-37H,8-9,16-19,31-34H2,1-7H3. The van der Waals surface area contributed by atoms with Gasteiger partial charge in [-0.25, -0.2) is 0 Å². The third kappa shape index (κ3) is 4.81. The smallest absolute Gasteiger partial charge is 0.250 e. The van der Waals surface area contributed by atoms with Gasteiger partial charge < -0.3 is 9.80 Å². The van der Waals surface area contributed by atoms with Crippen molar-refractivity contribution in [3.63, 3.8) is 0 Å². The zero-order chi connectivity index (χ0) is 43.5. The highest BCUT2D eigenvalue weighted by atomic mass is 32.2. The number of rotatable bonds is 4. The molecular formula is C60H61BN2S. The van der Waals surface area contributed by atoms with Crippen molar-refractivity contribution in [3.05, 3.63) is 165 Å². The van der Waals surface area contributed by atoms with Gasteiger partial charge in [0.15, 0.2) is 0 Å². The minimum atomic E-state index is -0.380. The number of benzene rings is 6. The predicted octanol–water partition coefficient (Wildman–Crippen LogP) is 14.4. The quantitative estimate of drug-likeness (QED) is 0.163. The van der Waals surface area contributed by atoms with Crippen molar-refractivity contribution >= 4 is 57.6 Å². The van der Waals surface area contributed by atoms with Crippen LogP contribution < -0.4 is 20.7 Å². The number of hydrogen-bond donors (Lipinski definition) is 0. The summed E-state index contributed by atoms with van der Waals surface area (Å²) in [4.78, 5) is 8.60. The van der Waals surface area contributed by atoms with Gasteiger partial charge in [-0.05, 0) is 135 Å². The van der Waals surface area contributed by atoms with Crippen LogP contribution in [0.2, 0.25) is 0 Å². The second-order valence-electron chi connectivity index (χ2n) is 22.3. The number of fused-ring (bicyclic) bond motifs is 15. The van der Waals surface area contributed by atoms with E-state index in [0.717, 1.165) is 6.54 Å². The molecule has 1 spiro atoms. The van der Waals surface area contributed by atoms with E-state index in [2.05, 4.69) is 191 Å². The third-order valence-corrected chi connectivity index (χ3v) is 19.4. The van der Waals surface area contributed by atoms with Crippen molar-refractivity contribution in [2.24, 2.45) is 0 Å². The maximum absolute atomic E-state index is 2.93. The molecule has 6 aromatic carbocycles. The fourth-order valence-corrected chi connectivity index (χ4v) is 16.3. The average Bonchev–Trinajstić information content (AvgIpc) is 3.85. The highest BCUT2D eigenvalue weighted by molar-refractivity contribution is 8.04. The molecule has 0 bridgehead atoms.